The lowest BCUT2D eigenvalue weighted by Crippen LogP contribution is -2.27. The first-order valence-corrected chi connectivity index (χ1v) is 7.46. The average Bonchev–Trinajstić information content (AvgIpc) is 2.95. The van der Waals surface area contributed by atoms with Crippen molar-refractivity contribution >= 4 is 23.1 Å². The summed E-state index contributed by atoms with van der Waals surface area (Å²) in [5.74, 6) is 1.59. The predicted octanol–water partition coefficient (Wildman–Crippen LogP) is 3.28. The lowest BCUT2D eigenvalue weighted by molar-refractivity contribution is 0.782. The highest BCUT2D eigenvalue weighted by Gasteiger charge is 2.12. The number of fused-ring (bicyclic) bond motifs is 1. The molecule has 0 saturated carbocycles. The molecule has 0 fully saturated rings. The van der Waals surface area contributed by atoms with Crippen molar-refractivity contribution in [1.29, 1.82) is 0 Å². The van der Waals surface area contributed by atoms with E-state index >= 15 is 0 Å². The van der Waals surface area contributed by atoms with Gasteiger partial charge in [-0.3, -0.25) is 0 Å². The first-order chi connectivity index (χ1) is 10.3. The van der Waals surface area contributed by atoms with Gasteiger partial charge in [-0.1, -0.05) is 30.3 Å². The predicted molar refractivity (Wildman–Crippen MR) is 85.9 cm³/mol. The van der Waals surface area contributed by atoms with Crippen LogP contribution < -0.4 is 4.90 Å². The molecule has 0 bridgehead atoms. The average molecular weight is 301 g/mol. The molecule has 1 aromatic carbocycles. The van der Waals surface area contributed by atoms with Crippen molar-refractivity contribution in [3.05, 3.63) is 59.9 Å². The summed E-state index contributed by atoms with van der Waals surface area (Å²) in [6.45, 7) is 3.63. The Bertz CT molecular complexity index is 723. The Morgan fingerprint density at radius 3 is 2.76 bits per heavy atom. The molecule has 0 unspecified atom stereocenters. The van der Waals surface area contributed by atoms with Crippen LogP contribution in [0.4, 0.5) is 5.82 Å². The van der Waals surface area contributed by atoms with E-state index in [9.17, 15) is 0 Å². The molecule has 0 aliphatic rings. The number of anilines is 1. The van der Waals surface area contributed by atoms with Gasteiger partial charge in [0.1, 0.15) is 12.1 Å². The van der Waals surface area contributed by atoms with Crippen molar-refractivity contribution in [1.82, 2.24) is 14.6 Å². The van der Waals surface area contributed by atoms with Crippen molar-refractivity contribution in [3.8, 4) is 0 Å². The van der Waals surface area contributed by atoms with Gasteiger partial charge < -0.3 is 4.90 Å². The minimum absolute atomic E-state index is 0.566. The molecule has 0 aliphatic carbocycles. The molecule has 0 amide bonds. The van der Waals surface area contributed by atoms with Crippen LogP contribution in [0.25, 0.3) is 5.65 Å². The van der Waals surface area contributed by atoms with Crippen molar-refractivity contribution < 1.29 is 0 Å². The topological polar surface area (TPSA) is 33.4 Å². The quantitative estimate of drug-likeness (QED) is 0.678. The molecule has 0 N–H and O–H groups in total. The van der Waals surface area contributed by atoms with E-state index in [-0.39, 0.29) is 0 Å². The zero-order chi connectivity index (χ0) is 14.7. The fourth-order valence-corrected chi connectivity index (χ4v) is 2.65. The number of aryl methyl sites for hydroxylation is 1. The van der Waals surface area contributed by atoms with E-state index in [1.165, 1.54) is 5.56 Å². The number of rotatable bonds is 5. The van der Waals surface area contributed by atoms with Crippen LogP contribution >= 0.6 is 11.6 Å². The fraction of sp³-hybridized carbons (Fsp3) is 0.250. The highest BCUT2D eigenvalue weighted by molar-refractivity contribution is 6.18. The second-order valence-electron chi connectivity index (χ2n) is 5.02. The van der Waals surface area contributed by atoms with E-state index in [4.69, 9.17) is 11.6 Å². The molecule has 3 aromatic rings. The Balaban J connectivity index is 2.00. The van der Waals surface area contributed by atoms with Crippen molar-refractivity contribution in [3.63, 3.8) is 0 Å². The minimum Gasteiger partial charge on any atom is -0.351 e. The number of hydrogen-bond acceptors (Lipinski definition) is 3. The molecule has 0 aliphatic heterocycles. The summed E-state index contributed by atoms with van der Waals surface area (Å²) in [6.07, 6.45) is 1.58. The summed E-state index contributed by atoms with van der Waals surface area (Å²) < 4.78 is 1.86. The Kier molecular flexibility index (Phi) is 4.06. The van der Waals surface area contributed by atoms with Gasteiger partial charge in [0, 0.05) is 19.0 Å². The highest BCUT2D eigenvalue weighted by atomic mass is 35.5. The lowest BCUT2D eigenvalue weighted by atomic mass is 10.2. The second-order valence-corrected chi connectivity index (χ2v) is 5.40. The number of hydrogen-bond donors (Lipinski definition) is 0. The Morgan fingerprint density at radius 1 is 1.19 bits per heavy atom. The van der Waals surface area contributed by atoms with Crippen LogP contribution in [0.2, 0.25) is 0 Å². The number of alkyl halides is 1. The SMILES string of the molecule is Cc1cc(N(CCCl)Cc2ccccc2)n2ncnc2c1. The summed E-state index contributed by atoms with van der Waals surface area (Å²) in [7, 11) is 0. The zero-order valence-electron chi connectivity index (χ0n) is 11.9. The van der Waals surface area contributed by atoms with Gasteiger partial charge in [-0.25, -0.2) is 4.98 Å². The number of benzene rings is 1. The molecular weight excluding hydrogens is 284 g/mol. The van der Waals surface area contributed by atoms with Gasteiger partial charge in [-0.05, 0) is 30.2 Å². The summed E-state index contributed by atoms with van der Waals surface area (Å²) in [6, 6.07) is 14.5. The van der Waals surface area contributed by atoms with Gasteiger partial charge in [-0.15, -0.1) is 11.6 Å². The summed E-state index contributed by atoms with van der Waals surface area (Å²) >= 11 is 5.99. The number of pyridine rings is 1. The molecule has 0 saturated heterocycles. The molecule has 21 heavy (non-hydrogen) atoms. The third kappa shape index (κ3) is 3.00. The molecular formula is C16H17ClN4. The van der Waals surface area contributed by atoms with E-state index < -0.39 is 0 Å². The maximum Gasteiger partial charge on any atom is 0.157 e. The third-order valence-corrected chi connectivity index (χ3v) is 3.57. The molecule has 0 radical (unpaired) electrons. The second kappa shape index (κ2) is 6.14. The van der Waals surface area contributed by atoms with Gasteiger partial charge in [-0.2, -0.15) is 9.61 Å². The van der Waals surface area contributed by atoms with Gasteiger partial charge in [0.25, 0.3) is 0 Å². The van der Waals surface area contributed by atoms with Crippen molar-refractivity contribution in [2.45, 2.75) is 13.5 Å². The summed E-state index contributed by atoms with van der Waals surface area (Å²) in [5.41, 5.74) is 3.27. The number of nitrogens with zero attached hydrogens (tertiary/aromatic N) is 4. The number of halogens is 1. The molecule has 4 nitrogen and oxygen atoms in total. The maximum atomic E-state index is 5.99. The maximum absolute atomic E-state index is 5.99. The van der Waals surface area contributed by atoms with Gasteiger partial charge >= 0.3 is 0 Å². The molecule has 108 valence electrons. The Hall–Kier alpha value is -2.07. The minimum atomic E-state index is 0.566. The first-order valence-electron chi connectivity index (χ1n) is 6.93. The Morgan fingerprint density at radius 2 is 2.00 bits per heavy atom. The van der Waals surface area contributed by atoms with Crippen LogP contribution in [0, 0.1) is 6.92 Å². The molecule has 5 heteroatoms. The summed E-state index contributed by atoms with van der Waals surface area (Å²) in [5, 5.41) is 4.33. The fourth-order valence-electron chi connectivity index (χ4n) is 2.44. The number of aromatic nitrogens is 3. The normalized spacial score (nSPS) is 11.0. The van der Waals surface area contributed by atoms with E-state index in [2.05, 4.69) is 52.2 Å². The standard InChI is InChI=1S/C16H17ClN4/c1-13-9-15-18-12-19-21(15)16(10-13)20(8-7-17)11-14-5-3-2-4-6-14/h2-6,9-10,12H,7-8,11H2,1H3. The van der Waals surface area contributed by atoms with Gasteiger partial charge in [0.05, 0.1) is 0 Å². The highest BCUT2D eigenvalue weighted by Crippen LogP contribution is 2.20. The zero-order valence-corrected chi connectivity index (χ0v) is 12.7. The van der Waals surface area contributed by atoms with Crippen LogP contribution in [0.1, 0.15) is 11.1 Å². The smallest absolute Gasteiger partial charge is 0.157 e. The largest absolute Gasteiger partial charge is 0.351 e. The third-order valence-electron chi connectivity index (χ3n) is 3.40. The van der Waals surface area contributed by atoms with E-state index in [1.54, 1.807) is 6.33 Å². The van der Waals surface area contributed by atoms with Crippen LogP contribution in [0.15, 0.2) is 48.8 Å². The van der Waals surface area contributed by atoms with Crippen molar-refractivity contribution in [2.24, 2.45) is 0 Å². The lowest BCUT2D eigenvalue weighted by Gasteiger charge is -2.24. The van der Waals surface area contributed by atoms with E-state index in [0.717, 1.165) is 30.1 Å². The first kappa shape index (κ1) is 13.9. The molecule has 2 aromatic heterocycles. The van der Waals surface area contributed by atoms with Crippen molar-refractivity contribution in [2.75, 3.05) is 17.3 Å². The van der Waals surface area contributed by atoms with Crippen LogP contribution in [-0.4, -0.2) is 27.0 Å². The van der Waals surface area contributed by atoms with E-state index in [0.29, 0.717) is 5.88 Å². The molecule has 3 rings (SSSR count). The molecule has 2 heterocycles. The Labute approximate surface area is 129 Å². The molecule has 0 spiro atoms. The van der Waals surface area contributed by atoms with Crippen LogP contribution in [0.5, 0.6) is 0 Å². The van der Waals surface area contributed by atoms with Crippen LogP contribution in [-0.2, 0) is 6.54 Å². The van der Waals surface area contributed by atoms with Gasteiger partial charge in [0.2, 0.25) is 0 Å². The van der Waals surface area contributed by atoms with Crippen LogP contribution in [0.3, 0.4) is 0 Å². The van der Waals surface area contributed by atoms with E-state index in [1.807, 2.05) is 16.6 Å². The summed E-state index contributed by atoms with van der Waals surface area (Å²) in [4.78, 5) is 6.52. The molecule has 0 atom stereocenters. The monoisotopic (exact) mass is 300 g/mol. The van der Waals surface area contributed by atoms with Gasteiger partial charge in [0.15, 0.2) is 5.65 Å².